The molecule has 2 aromatic carbocycles. The van der Waals surface area contributed by atoms with Gasteiger partial charge >= 0.3 is 6.36 Å². The second-order valence-corrected chi connectivity index (χ2v) is 6.11. The SMILES string of the molecule is COC(C(=O)N(Cl)Cc1ccc(C(=N)N)cc1)c1ccc(OC(F)(F)F)cc1. The molecular formula is C18H17ClF3N3O3. The highest BCUT2D eigenvalue weighted by atomic mass is 35.5. The zero-order valence-electron chi connectivity index (χ0n) is 14.7. The number of benzene rings is 2. The molecule has 2 rings (SSSR count). The van der Waals surface area contributed by atoms with Crippen molar-refractivity contribution in [3.05, 3.63) is 65.2 Å². The Morgan fingerprint density at radius 1 is 1.18 bits per heavy atom. The third-order valence-electron chi connectivity index (χ3n) is 3.70. The van der Waals surface area contributed by atoms with Crippen molar-refractivity contribution in [3.63, 3.8) is 0 Å². The molecule has 0 spiro atoms. The first-order chi connectivity index (χ1) is 13.1. The lowest BCUT2D eigenvalue weighted by Crippen LogP contribution is -2.28. The predicted molar refractivity (Wildman–Crippen MR) is 96.7 cm³/mol. The molecule has 0 aliphatic rings. The van der Waals surface area contributed by atoms with Gasteiger partial charge < -0.3 is 15.2 Å². The summed E-state index contributed by atoms with van der Waals surface area (Å²) in [6.45, 7) is 0.0493. The number of nitrogens with zero attached hydrogens (tertiary/aromatic N) is 1. The summed E-state index contributed by atoms with van der Waals surface area (Å²) in [5.41, 5.74) is 6.93. The minimum absolute atomic E-state index is 0.0493. The molecule has 0 aliphatic heterocycles. The van der Waals surface area contributed by atoms with E-state index in [2.05, 4.69) is 4.74 Å². The Bertz CT molecular complexity index is 827. The summed E-state index contributed by atoms with van der Waals surface area (Å²) < 4.78 is 46.6. The van der Waals surface area contributed by atoms with Crippen LogP contribution in [0.5, 0.6) is 5.75 Å². The van der Waals surface area contributed by atoms with Crippen LogP contribution in [0.3, 0.4) is 0 Å². The molecule has 3 N–H and O–H groups in total. The minimum Gasteiger partial charge on any atom is -0.406 e. The maximum atomic E-state index is 12.6. The van der Waals surface area contributed by atoms with E-state index in [1.165, 1.54) is 19.2 Å². The zero-order valence-corrected chi connectivity index (χ0v) is 15.4. The molecule has 0 heterocycles. The molecule has 2 aromatic rings. The summed E-state index contributed by atoms with van der Waals surface area (Å²) in [4.78, 5) is 12.6. The molecular weight excluding hydrogens is 399 g/mol. The van der Waals surface area contributed by atoms with Crippen LogP contribution in [0.1, 0.15) is 22.8 Å². The normalized spacial score (nSPS) is 12.3. The predicted octanol–water partition coefficient (Wildman–Crippen LogP) is 3.74. The quantitative estimate of drug-likeness (QED) is 0.409. The van der Waals surface area contributed by atoms with E-state index in [9.17, 15) is 18.0 Å². The molecule has 0 aliphatic carbocycles. The van der Waals surface area contributed by atoms with E-state index in [1.54, 1.807) is 24.3 Å². The van der Waals surface area contributed by atoms with Crippen LogP contribution in [0.2, 0.25) is 0 Å². The number of carbonyl (C=O) groups is 1. The monoisotopic (exact) mass is 415 g/mol. The van der Waals surface area contributed by atoms with Gasteiger partial charge in [-0.2, -0.15) is 0 Å². The number of nitrogens with two attached hydrogens (primary N) is 1. The van der Waals surface area contributed by atoms with Gasteiger partial charge in [0.05, 0.1) is 6.54 Å². The Morgan fingerprint density at radius 2 is 1.75 bits per heavy atom. The molecule has 0 fully saturated rings. The topological polar surface area (TPSA) is 88.6 Å². The molecule has 0 saturated carbocycles. The number of halogens is 4. The zero-order chi connectivity index (χ0) is 20.9. The maximum absolute atomic E-state index is 12.6. The van der Waals surface area contributed by atoms with Crippen LogP contribution in [-0.4, -0.2) is 29.6 Å². The van der Waals surface area contributed by atoms with Crippen LogP contribution in [0.4, 0.5) is 13.2 Å². The Hall–Kier alpha value is -2.78. The smallest absolute Gasteiger partial charge is 0.406 e. The minimum atomic E-state index is -4.80. The molecule has 10 heteroatoms. The number of nitrogens with one attached hydrogen (secondary N) is 1. The fourth-order valence-corrected chi connectivity index (χ4v) is 2.61. The second-order valence-electron chi connectivity index (χ2n) is 5.70. The van der Waals surface area contributed by atoms with Crippen molar-refractivity contribution in [1.82, 2.24) is 4.42 Å². The molecule has 0 aromatic heterocycles. The Kier molecular flexibility index (Phi) is 6.87. The fraction of sp³-hybridized carbons (Fsp3) is 0.222. The van der Waals surface area contributed by atoms with Gasteiger partial charge in [0.1, 0.15) is 11.6 Å². The van der Waals surface area contributed by atoms with Gasteiger partial charge in [-0.05, 0) is 23.3 Å². The highest BCUT2D eigenvalue weighted by Crippen LogP contribution is 2.27. The van der Waals surface area contributed by atoms with Crippen molar-refractivity contribution < 1.29 is 27.4 Å². The number of hydrogen-bond acceptors (Lipinski definition) is 4. The highest BCUT2D eigenvalue weighted by molar-refractivity contribution is 6.21. The third kappa shape index (κ3) is 5.86. The lowest BCUT2D eigenvalue weighted by molar-refractivity contribution is -0.274. The number of carbonyl (C=O) groups excluding carboxylic acids is 1. The molecule has 28 heavy (non-hydrogen) atoms. The Morgan fingerprint density at radius 3 is 2.21 bits per heavy atom. The van der Waals surface area contributed by atoms with Gasteiger partial charge in [0, 0.05) is 24.4 Å². The molecule has 6 nitrogen and oxygen atoms in total. The summed E-state index contributed by atoms with van der Waals surface area (Å²) in [7, 11) is 1.29. The number of rotatable bonds is 7. The van der Waals surface area contributed by atoms with Crippen LogP contribution in [0.25, 0.3) is 0 Å². The van der Waals surface area contributed by atoms with Crippen molar-refractivity contribution in [1.29, 1.82) is 5.41 Å². The number of amidine groups is 1. The Balaban J connectivity index is 2.08. The summed E-state index contributed by atoms with van der Waals surface area (Å²) in [6.07, 6.45) is -5.91. The van der Waals surface area contributed by atoms with E-state index in [0.29, 0.717) is 16.7 Å². The highest BCUT2D eigenvalue weighted by Gasteiger charge is 2.31. The van der Waals surface area contributed by atoms with E-state index in [1.807, 2.05) is 0 Å². The lowest BCUT2D eigenvalue weighted by Gasteiger charge is -2.21. The van der Waals surface area contributed by atoms with Crippen LogP contribution in [0.15, 0.2) is 48.5 Å². The van der Waals surface area contributed by atoms with Crippen molar-refractivity contribution >= 4 is 23.5 Å². The molecule has 0 saturated heterocycles. The van der Waals surface area contributed by atoms with Crippen LogP contribution in [-0.2, 0) is 16.1 Å². The molecule has 1 unspecified atom stereocenters. The van der Waals surface area contributed by atoms with E-state index in [-0.39, 0.29) is 12.4 Å². The summed E-state index contributed by atoms with van der Waals surface area (Å²) in [6, 6.07) is 11.3. The first kappa shape index (κ1) is 21.5. The van der Waals surface area contributed by atoms with E-state index in [0.717, 1.165) is 16.6 Å². The van der Waals surface area contributed by atoms with Crippen LogP contribution in [0, 0.1) is 5.41 Å². The van der Waals surface area contributed by atoms with Gasteiger partial charge in [0.2, 0.25) is 0 Å². The number of ether oxygens (including phenoxy) is 2. The fourth-order valence-electron chi connectivity index (χ4n) is 2.38. The van der Waals surface area contributed by atoms with Crippen LogP contribution < -0.4 is 10.5 Å². The van der Waals surface area contributed by atoms with Gasteiger partial charge in [-0.3, -0.25) is 10.2 Å². The summed E-state index contributed by atoms with van der Waals surface area (Å²) >= 11 is 6.07. The number of hydrogen-bond donors (Lipinski definition) is 2. The van der Waals surface area contributed by atoms with Crippen molar-refractivity contribution in [3.8, 4) is 5.75 Å². The van der Waals surface area contributed by atoms with Gasteiger partial charge in [-0.15, -0.1) is 13.2 Å². The van der Waals surface area contributed by atoms with Crippen LogP contribution >= 0.6 is 11.8 Å². The van der Waals surface area contributed by atoms with E-state index >= 15 is 0 Å². The van der Waals surface area contributed by atoms with Crippen molar-refractivity contribution in [2.45, 2.75) is 19.0 Å². The standard InChI is InChI=1S/C18H17ClF3N3O3/c1-27-15(12-6-8-14(9-7-12)28-18(20,21)22)17(26)25(19)10-11-2-4-13(5-3-11)16(23)24/h2-9,15H,10H2,1H3,(H3,23,24). The molecule has 0 radical (unpaired) electrons. The lowest BCUT2D eigenvalue weighted by atomic mass is 10.1. The molecule has 1 amide bonds. The first-order valence-corrected chi connectivity index (χ1v) is 8.23. The third-order valence-corrected chi connectivity index (χ3v) is 3.99. The van der Waals surface area contributed by atoms with Crippen molar-refractivity contribution in [2.75, 3.05) is 7.11 Å². The maximum Gasteiger partial charge on any atom is 0.573 e. The van der Waals surface area contributed by atoms with Gasteiger partial charge in [0.25, 0.3) is 5.91 Å². The molecule has 150 valence electrons. The largest absolute Gasteiger partial charge is 0.573 e. The van der Waals surface area contributed by atoms with E-state index < -0.39 is 24.1 Å². The average molecular weight is 416 g/mol. The summed E-state index contributed by atoms with van der Waals surface area (Å²) in [5, 5.41) is 7.35. The van der Waals surface area contributed by atoms with Gasteiger partial charge in [-0.1, -0.05) is 36.4 Å². The van der Waals surface area contributed by atoms with Gasteiger partial charge in [-0.25, -0.2) is 4.42 Å². The first-order valence-electron chi connectivity index (χ1n) is 7.89. The Labute approximate surface area is 164 Å². The number of methoxy groups -OCH3 is 1. The molecule has 1 atom stereocenters. The average Bonchev–Trinajstić information content (AvgIpc) is 2.62. The number of nitrogen functional groups attached to an aromatic ring is 1. The molecule has 0 bridgehead atoms. The number of amides is 1. The number of alkyl halides is 3. The van der Waals surface area contributed by atoms with E-state index in [4.69, 9.17) is 27.7 Å². The summed E-state index contributed by atoms with van der Waals surface area (Å²) in [5.74, 6) is -1.08. The van der Waals surface area contributed by atoms with Gasteiger partial charge in [0.15, 0.2) is 6.10 Å². The second kappa shape index (κ2) is 8.94. The van der Waals surface area contributed by atoms with Crippen molar-refractivity contribution in [2.24, 2.45) is 5.73 Å².